The highest BCUT2D eigenvalue weighted by molar-refractivity contribution is 6.06. The molecule has 3 rings (SSSR count). The zero-order valence-corrected chi connectivity index (χ0v) is 13.6. The number of methoxy groups -OCH3 is 1. The number of hydrogen-bond acceptors (Lipinski definition) is 5. The van der Waals surface area contributed by atoms with Crippen LogP contribution in [-0.4, -0.2) is 13.7 Å². The number of unbranched alkanes of at least 4 members (excludes halogenated alkanes) is 2. The third-order valence-corrected chi connectivity index (χ3v) is 3.82. The smallest absolute Gasteiger partial charge is 0.206 e. The maximum atomic E-state index is 12.5. The monoisotopic (exact) mass is 316 g/mol. The Labute approximate surface area is 133 Å². The van der Waals surface area contributed by atoms with Crippen LogP contribution < -0.4 is 14.9 Å². The van der Waals surface area contributed by atoms with Gasteiger partial charge in [0.1, 0.15) is 16.9 Å². The maximum absolute atomic E-state index is 12.5. The molecule has 0 radical (unpaired) electrons. The number of furan rings is 1. The van der Waals surface area contributed by atoms with E-state index < -0.39 is 0 Å². The van der Waals surface area contributed by atoms with Crippen LogP contribution in [0.5, 0.6) is 11.5 Å². The maximum Gasteiger partial charge on any atom is 0.206 e. The first kappa shape index (κ1) is 15.5. The Balaban J connectivity index is 2.26. The van der Waals surface area contributed by atoms with Crippen molar-refractivity contribution < 1.29 is 18.3 Å². The molecule has 122 valence electrons. The van der Waals surface area contributed by atoms with Crippen LogP contribution in [0.2, 0.25) is 0 Å². The van der Waals surface area contributed by atoms with E-state index in [1.807, 2.05) is 0 Å². The second-order valence-corrected chi connectivity index (χ2v) is 5.51. The third-order valence-electron chi connectivity index (χ3n) is 3.82. The molecule has 2 heterocycles. The topological polar surface area (TPSA) is 61.8 Å². The summed E-state index contributed by atoms with van der Waals surface area (Å²) in [6.07, 6.45) is 4.67. The Kier molecular flexibility index (Phi) is 4.28. The quantitative estimate of drug-likeness (QED) is 0.630. The van der Waals surface area contributed by atoms with Crippen molar-refractivity contribution in [3.05, 3.63) is 34.4 Å². The first-order valence-corrected chi connectivity index (χ1v) is 7.81. The summed E-state index contributed by atoms with van der Waals surface area (Å²) >= 11 is 0. The summed E-state index contributed by atoms with van der Waals surface area (Å²) in [5, 5.41) is 1.12. The van der Waals surface area contributed by atoms with Crippen molar-refractivity contribution in [1.82, 2.24) is 0 Å². The molecule has 0 aliphatic rings. The molecule has 23 heavy (non-hydrogen) atoms. The summed E-state index contributed by atoms with van der Waals surface area (Å²) in [5.74, 6) is 1.44. The molecule has 0 N–H and O–H groups in total. The number of benzene rings is 1. The molecule has 0 amide bonds. The van der Waals surface area contributed by atoms with E-state index in [-0.39, 0.29) is 5.43 Å². The van der Waals surface area contributed by atoms with Gasteiger partial charge < -0.3 is 18.3 Å². The minimum absolute atomic E-state index is 0.143. The minimum atomic E-state index is -0.143. The zero-order valence-electron chi connectivity index (χ0n) is 13.6. The molecule has 1 aromatic carbocycles. The molecule has 0 bridgehead atoms. The van der Waals surface area contributed by atoms with Crippen molar-refractivity contribution in [2.24, 2.45) is 0 Å². The van der Waals surface area contributed by atoms with E-state index in [9.17, 15) is 4.79 Å². The van der Waals surface area contributed by atoms with Crippen LogP contribution in [0, 0.1) is 6.92 Å². The first-order chi connectivity index (χ1) is 11.2. The molecular formula is C18H20O5. The van der Waals surface area contributed by atoms with Crippen molar-refractivity contribution in [3.8, 4) is 11.5 Å². The lowest BCUT2D eigenvalue weighted by molar-refractivity contribution is 0.312. The average molecular weight is 316 g/mol. The van der Waals surface area contributed by atoms with Crippen LogP contribution in [-0.2, 0) is 0 Å². The number of rotatable bonds is 6. The molecule has 0 spiro atoms. The first-order valence-electron chi connectivity index (χ1n) is 7.81. The van der Waals surface area contributed by atoms with Crippen molar-refractivity contribution in [3.63, 3.8) is 0 Å². The summed E-state index contributed by atoms with van der Waals surface area (Å²) in [7, 11) is 1.53. The molecule has 0 aliphatic carbocycles. The van der Waals surface area contributed by atoms with Gasteiger partial charge in [0.15, 0.2) is 16.6 Å². The largest absolute Gasteiger partial charge is 0.492 e. The van der Waals surface area contributed by atoms with Gasteiger partial charge in [-0.2, -0.15) is 0 Å². The van der Waals surface area contributed by atoms with Gasteiger partial charge in [-0.15, -0.1) is 0 Å². The zero-order chi connectivity index (χ0) is 16.4. The Morgan fingerprint density at radius 1 is 1.17 bits per heavy atom. The summed E-state index contributed by atoms with van der Waals surface area (Å²) < 4.78 is 22.6. The van der Waals surface area contributed by atoms with Crippen molar-refractivity contribution in [2.75, 3.05) is 13.7 Å². The molecule has 0 saturated carbocycles. The molecule has 5 heteroatoms. The highest BCUT2D eigenvalue weighted by Crippen LogP contribution is 2.42. The Hall–Kier alpha value is -2.43. The Bertz CT molecular complexity index is 888. The normalized spacial score (nSPS) is 11.3. The van der Waals surface area contributed by atoms with Gasteiger partial charge in [-0.1, -0.05) is 19.8 Å². The van der Waals surface area contributed by atoms with Crippen molar-refractivity contribution in [2.45, 2.75) is 33.1 Å². The fourth-order valence-corrected chi connectivity index (χ4v) is 2.75. The van der Waals surface area contributed by atoms with Crippen molar-refractivity contribution >= 4 is 21.9 Å². The lowest BCUT2D eigenvalue weighted by atomic mass is 10.1. The summed E-state index contributed by atoms with van der Waals surface area (Å²) in [6.45, 7) is 4.41. The molecule has 5 nitrogen and oxygen atoms in total. The van der Waals surface area contributed by atoms with Gasteiger partial charge in [0.25, 0.3) is 0 Å². The van der Waals surface area contributed by atoms with E-state index in [2.05, 4.69) is 6.92 Å². The van der Waals surface area contributed by atoms with E-state index in [0.29, 0.717) is 40.4 Å². The van der Waals surface area contributed by atoms with Gasteiger partial charge in [-0.05, 0) is 19.4 Å². The lowest BCUT2D eigenvalue weighted by Gasteiger charge is -2.12. The fourth-order valence-electron chi connectivity index (χ4n) is 2.75. The van der Waals surface area contributed by atoms with Crippen LogP contribution in [0.4, 0.5) is 0 Å². The number of fused-ring (bicyclic) bond motifs is 2. The molecule has 0 saturated heterocycles. The summed E-state index contributed by atoms with van der Waals surface area (Å²) in [4.78, 5) is 12.5. The van der Waals surface area contributed by atoms with E-state index in [1.54, 1.807) is 19.3 Å². The van der Waals surface area contributed by atoms with Crippen molar-refractivity contribution in [1.29, 1.82) is 0 Å². The third kappa shape index (κ3) is 2.67. The molecule has 0 aliphatic heterocycles. The van der Waals surface area contributed by atoms with E-state index in [4.69, 9.17) is 18.3 Å². The fraction of sp³-hybridized carbons (Fsp3) is 0.389. The standard InChI is InChI=1S/C18H20O5/c1-4-5-6-8-21-15-12-7-9-22-16(12)18(20-3)17-14(15)13(19)10-11(2)23-17/h7,9-10H,4-6,8H2,1-3H3. The average Bonchev–Trinajstić information content (AvgIpc) is 2.99. The molecule has 0 fully saturated rings. The Morgan fingerprint density at radius 2 is 2.00 bits per heavy atom. The second kappa shape index (κ2) is 6.36. The molecule has 0 atom stereocenters. The van der Waals surface area contributed by atoms with Gasteiger partial charge in [-0.3, -0.25) is 4.79 Å². The van der Waals surface area contributed by atoms with E-state index in [1.165, 1.54) is 13.2 Å². The van der Waals surface area contributed by atoms with Crippen LogP contribution in [0.1, 0.15) is 31.9 Å². The SMILES string of the molecule is CCCCCOc1c2ccoc2c(OC)c2oc(C)cc(=O)c12. The predicted molar refractivity (Wildman–Crippen MR) is 88.6 cm³/mol. The molecule has 2 aromatic heterocycles. The van der Waals surface area contributed by atoms with Crippen LogP contribution >= 0.6 is 0 Å². The lowest BCUT2D eigenvalue weighted by Crippen LogP contribution is -2.06. The van der Waals surface area contributed by atoms with Crippen LogP contribution in [0.3, 0.4) is 0 Å². The predicted octanol–water partition coefficient (Wildman–Crippen LogP) is 4.43. The van der Waals surface area contributed by atoms with Gasteiger partial charge in [0, 0.05) is 6.07 Å². The van der Waals surface area contributed by atoms with Gasteiger partial charge >= 0.3 is 0 Å². The van der Waals surface area contributed by atoms with Crippen LogP contribution in [0.15, 0.2) is 32.0 Å². The second-order valence-electron chi connectivity index (χ2n) is 5.51. The number of hydrogen-bond donors (Lipinski definition) is 0. The summed E-state index contributed by atoms with van der Waals surface area (Å²) in [6, 6.07) is 3.25. The van der Waals surface area contributed by atoms with Gasteiger partial charge in [-0.25, -0.2) is 0 Å². The highest BCUT2D eigenvalue weighted by atomic mass is 16.5. The van der Waals surface area contributed by atoms with Gasteiger partial charge in [0.2, 0.25) is 5.75 Å². The molecule has 3 aromatic rings. The van der Waals surface area contributed by atoms with E-state index >= 15 is 0 Å². The summed E-state index contributed by atoms with van der Waals surface area (Å²) in [5.41, 5.74) is 0.750. The highest BCUT2D eigenvalue weighted by Gasteiger charge is 2.22. The number of ether oxygens (including phenoxy) is 2. The molecular weight excluding hydrogens is 296 g/mol. The number of aryl methyl sites for hydroxylation is 1. The minimum Gasteiger partial charge on any atom is -0.492 e. The van der Waals surface area contributed by atoms with Gasteiger partial charge in [0.05, 0.1) is 25.4 Å². The Morgan fingerprint density at radius 3 is 2.74 bits per heavy atom. The molecule has 0 unspecified atom stereocenters. The van der Waals surface area contributed by atoms with E-state index in [0.717, 1.165) is 24.6 Å². The van der Waals surface area contributed by atoms with Crippen LogP contribution in [0.25, 0.3) is 21.9 Å².